The maximum Gasteiger partial charge on any atom is 0.249 e. The molecule has 4 rings (SSSR count). The van der Waals surface area contributed by atoms with Crippen LogP contribution in [0.4, 0.5) is 28.8 Å². The summed E-state index contributed by atoms with van der Waals surface area (Å²) in [4.78, 5) is 6.92. The van der Waals surface area contributed by atoms with Gasteiger partial charge in [-0.1, -0.05) is 29.8 Å². The molecule has 1 aliphatic heterocycles. The Bertz CT molecular complexity index is 977. The van der Waals surface area contributed by atoms with Gasteiger partial charge in [0, 0.05) is 18.8 Å². The molecule has 1 aromatic heterocycles. The molecule has 150 valence electrons. The first-order valence-electron chi connectivity index (χ1n) is 9.83. The second-order valence-corrected chi connectivity index (χ2v) is 7.31. The van der Waals surface area contributed by atoms with Crippen LogP contribution < -0.4 is 15.5 Å². The van der Waals surface area contributed by atoms with Gasteiger partial charge in [-0.15, -0.1) is 5.10 Å². The van der Waals surface area contributed by atoms with Crippen molar-refractivity contribution >= 4 is 28.8 Å². The van der Waals surface area contributed by atoms with Crippen molar-refractivity contribution in [3.8, 4) is 0 Å². The lowest BCUT2D eigenvalue weighted by molar-refractivity contribution is 0.123. The van der Waals surface area contributed by atoms with E-state index in [0.29, 0.717) is 11.8 Å². The lowest BCUT2D eigenvalue weighted by Crippen LogP contribution is -2.36. The lowest BCUT2D eigenvalue weighted by Gasteiger charge is -2.30. The largest absolute Gasteiger partial charge is 0.378 e. The van der Waals surface area contributed by atoms with Crippen LogP contribution in [0.2, 0.25) is 0 Å². The molecule has 0 saturated carbocycles. The molecule has 0 unspecified atom stereocenters. The summed E-state index contributed by atoms with van der Waals surface area (Å²) in [6, 6.07) is 12.5. The molecule has 1 fully saturated rings. The van der Waals surface area contributed by atoms with E-state index in [9.17, 15) is 0 Å². The Hall–Kier alpha value is -3.19. The van der Waals surface area contributed by atoms with E-state index < -0.39 is 0 Å². The van der Waals surface area contributed by atoms with E-state index in [1.807, 2.05) is 18.2 Å². The zero-order chi connectivity index (χ0) is 20.2. The molecule has 7 heteroatoms. The summed E-state index contributed by atoms with van der Waals surface area (Å²) in [5.41, 5.74) is 6.71. The number of hydrogen-bond donors (Lipinski definition) is 2. The number of nitrogens with one attached hydrogen (secondary N) is 2. The monoisotopic (exact) mass is 390 g/mol. The van der Waals surface area contributed by atoms with Gasteiger partial charge in [-0.25, -0.2) is 0 Å². The van der Waals surface area contributed by atoms with Crippen LogP contribution in [0.1, 0.15) is 16.7 Å². The second-order valence-electron chi connectivity index (χ2n) is 7.31. The van der Waals surface area contributed by atoms with E-state index in [2.05, 4.69) is 69.7 Å². The number of benzene rings is 2. The van der Waals surface area contributed by atoms with Gasteiger partial charge in [0.2, 0.25) is 5.95 Å². The first-order valence-corrected chi connectivity index (χ1v) is 9.83. The molecule has 29 heavy (non-hydrogen) atoms. The molecule has 7 nitrogen and oxygen atoms in total. The van der Waals surface area contributed by atoms with E-state index in [0.717, 1.165) is 43.4 Å². The Labute approximate surface area is 171 Å². The minimum Gasteiger partial charge on any atom is -0.378 e. The molecule has 1 aliphatic rings. The predicted octanol–water partition coefficient (Wildman–Crippen LogP) is 4.12. The fraction of sp³-hybridized carbons (Fsp3) is 0.318. The quantitative estimate of drug-likeness (QED) is 0.679. The summed E-state index contributed by atoms with van der Waals surface area (Å²) in [6.45, 7) is 9.49. The highest BCUT2D eigenvalue weighted by Gasteiger charge is 2.15. The van der Waals surface area contributed by atoms with Crippen LogP contribution >= 0.6 is 0 Å². The number of morpholine rings is 1. The molecule has 2 N–H and O–H groups in total. The zero-order valence-electron chi connectivity index (χ0n) is 17.1. The highest BCUT2D eigenvalue weighted by atomic mass is 16.5. The van der Waals surface area contributed by atoms with Crippen LogP contribution in [0, 0.1) is 20.8 Å². The normalized spacial score (nSPS) is 14.0. The number of aryl methyl sites for hydroxylation is 3. The Morgan fingerprint density at radius 2 is 1.69 bits per heavy atom. The minimum absolute atomic E-state index is 0.457. The molecule has 0 radical (unpaired) electrons. The van der Waals surface area contributed by atoms with Crippen molar-refractivity contribution in [2.75, 3.05) is 41.8 Å². The van der Waals surface area contributed by atoms with Gasteiger partial charge in [0.15, 0.2) is 5.82 Å². The third-order valence-corrected chi connectivity index (χ3v) is 4.99. The van der Waals surface area contributed by atoms with Gasteiger partial charge in [0.05, 0.1) is 30.8 Å². The van der Waals surface area contributed by atoms with E-state index >= 15 is 0 Å². The fourth-order valence-corrected chi connectivity index (χ4v) is 3.70. The maximum absolute atomic E-state index is 5.47. The highest BCUT2D eigenvalue weighted by molar-refractivity contribution is 5.74. The van der Waals surface area contributed by atoms with Crippen LogP contribution in [0.15, 0.2) is 42.6 Å². The summed E-state index contributed by atoms with van der Waals surface area (Å²) in [5, 5.41) is 15.0. The number of nitrogens with zero attached hydrogens (tertiary/aromatic N) is 4. The molecule has 0 spiro atoms. The lowest BCUT2D eigenvalue weighted by atomic mass is 10.1. The summed E-state index contributed by atoms with van der Waals surface area (Å²) in [5.74, 6) is 1.11. The van der Waals surface area contributed by atoms with E-state index in [-0.39, 0.29) is 0 Å². The van der Waals surface area contributed by atoms with Gasteiger partial charge in [0.1, 0.15) is 0 Å². The Balaban J connectivity index is 1.56. The average molecular weight is 390 g/mol. The van der Waals surface area contributed by atoms with Crippen LogP contribution in [-0.2, 0) is 4.74 Å². The SMILES string of the molecule is Cc1cc(C)c(Nc2cnnc(Nc3ccccc3N3CCOCC3)n2)c(C)c1. The number of rotatable bonds is 5. The van der Waals surface area contributed by atoms with Gasteiger partial charge in [0.25, 0.3) is 0 Å². The van der Waals surface area contributed by atoms with Crippen molar-refractivity contribution in [3.05, 3.63) is 59.3 Å². The van der Waals surface area contributed by atoms with Crippen molar-refractivity contribution in [3.63, 3.8) is 0 Å². The van der Waals surface area contributed by atoms with Crippen molar-refractivity contribution in [2.45, 2.75) is 20.8 Å². The summed E-state index contributed by atoms with van der Waals surface area (Å²) >= 11 is 0. The molecule has 1 saturated heterocycles. The van der Waals surface area contributed by atoms with Crippen LogP contribution in [-0.4, -0.2) is 41.5 Å². The second kappa shape index (κ2) is 8.45. The van der Waals surface area contributed by atoms with Crippen LogP contribution in [0.3, 0.4) is 0 Å². The Morgan fingerprint density at radius 1 is 0.966 bits per heavy atom. The molecule has 0 amide bonds. The molecule has 2 aromatic carbocycles. The Morgan fingerprint density at radius 3 is 2.45 bits per heavy atom. The topological polar surface area (TPSA) is 75.2 Å². The number of ether oxygens (including phenoxy) is 1. The smallest absolute Gasteiger partial charge is 0.249 e. The van der Waals surface area contributed by atoms with Gasteiger partial charge >= 0.3 is 0 Å². The number of aromatic nitrogens is 3. The van der Waals surface area contributed by atoms with E-state index in [4.69, 9.17) is 4.74 Å². The zero-order valence-corrected chi connectivity index (χ0v) is 17.1. The molecular formula is C22H26N6O. The number of anilines is 5. The van der Waals surface area contributed by atoms with Crippen molar-refractivity contribution in [1.82, 2.24) is 15.2 Å². The number of para-hydroxylation sites is 2. The number of hydrogen-bond acceptors (Lipinski definition) is 7. The Kier molecular flexibility index (Phi) is 5.57. The minimum atomic E-state index is 0.457. The molecule has 2 heterocycles. The van der Waals surface area contributed by atoms with Gasteiger partial charge in [-0.05, 0) is 44.0 Å². The van der Waals surface area contributed by atoms with Crippen molar-refractivity contribution < 1.29 is 4.74 Å². The summed E-state index contributed by atoms with van der Waals surface area (Å²) in [6.07, 6.45) is 1.64. The third kappa shape index (κ3) is 4.46. The molecule has 0 aliphatic carbocycles. The maximum atomic E-state index is 5.47. The average Bonchev–Trinajstić information content (AvgIpc) is 2.72. The van der Waals surface area contributed by atoms with Gasteiger partial charge < -0.3 is 20.3 Å². The molecule has 0 bridgehead atoms. The molecular weight excluding hydrogens is 364 g/mol. The van der Waals surface area contributed by atoms with E-state index in [1.165, 1.54) is 16.7 Å². The standard InChI is InChI=1S/C22H26N6O/c1-15-12-16(2)21(17(3)13-15)25-20-14-23-27-22(26-20)24-18-6-4-5-7-19(18)28-8-10-29-11-9-28/h4-7,12-14H,8-11H2,1-3H3,(H2,24,25,26,27). The first kappa shape index (κ1) is 19.1. The van der Waals surface area contributed by atoms with Crippen LogP contribution in [0.25, 0.3) is 0 Å². The molecule has 0 atom stereocenters. The summed E-state index contributed by atoms with van der Waals surface area (Å²) < 4.78 is 5.47. The van der Waals surface area contributed by atoms with Crippen molar-refractivity contribution in [2.24, 2.45) is 0 Å². The summed E-state index contributed by atoms with van der Waals surface area (Å²) in [7, 11) is 0. The van der Waals surface area contributed by atoms with E-state index in [1.54, 1.807) is 6.20 Å². The van der Waals surface area contributed by atoms with Crippen LogP contribution in [0.5, 0.6) is 0 Å². The van der Waals surface area contributed by atoms with Gasteiger partial charge in [-0.3, -0.25) is 0 Å². The van der Waals surface area contributed by atoms with Gasteiger partial charge in [-0.2, -0.15) is 10.1 Å². The first-order chi connectivity index (χ1) is 14.1. The van der Waals surface area contributed by atoms with Crippen molar-refractivity contribution in [1.29, 1.82) is 0 Å². The predicted molar refractivity (Wildman–Crippen MR) is 117 cm³/mol. The highest BCUT2D eigenvalue weighted by Crippen LogP contribution is 2.29. The third-order valence-electron chi connectivity index (χ3n) is 4.99. The fourth-order valence-electron chi connectivity index (χ4n) is 3.70. The molecule has 3 aromatic rings.